The molecular weight excluding hydrogens is 760 g/mol. The van der Waals surface area contributed by atoms with Crippen molar-refractivity contribution < 1.29 is 28.7 Å². The summed E-state index contributed by atoms with van der Waals surface area (Å²) in [5, 5.41) is 0.563. The molecule has 0 radical (unpaired) electrons. The molecule has 2 heterocycles. The van der Waals surface area contributed by atoms with E-state index in [-0.39, 0.29) is 44.7 Å². The zero-order valence-corrected chi connectivity index (χ0v) is 28.1. The quantitative estimate of drug-likeness (QED) is 0.0850. The molecule has 2 aliphatic rings. The predicted molar refractivity (Wildman–Crippen MR) is 177 cm³/mol. The minimum Gasteiger partial charge on any atom is -0.497 e. The van der Waals surface area contributed by atoms with Gasteiger partial charge in [-0.1, -0.05) is 59.9 Å². The molecule has 3 aromatic carbocycles. The van der Waals surface area contributed by atoms with Crippen LogP contribution in [0.15, 0.2) is 77.3 Å². The van der Waals surface area contributed by atoms with Crippen LogP contribution in [0.5, 0.6) is 5.75 Å². The number of fused-ring (bicyclic) bond motifs is 2. The highest BCUT2D eigenvalue weighted by atomic mass is 79.9. The van der Waals surface area contributed by atoms with Gasteiger partial charge in [0.25, 0.3) is 0 Å². The van der Waals surface area contributed by atoms with E-state index in [0.29, 0.717) is 52.0 Å². The molecule has 4 unspecified atom stereocenters. The highest BCUT2D eigenvalue weighted by molar-refractivity contribution is 9.12. The van der Waals surface area contributed by atoms with Crippen LogP contribution in [0.1, 0.15) is 33.6 Å². The van der Waals surface area contributed by atoms with Gasteiger partial charge in [0.15, 0.2) is 12.4 Å². The van der Waals surface area contributed by atoms with Crippen LogP contribution < -0.4 is 9.64 Å². The summed E-state index contributed by atoms with van der Waals surface area (Å²) in [6.45, 7) is -0.432. The maximum atomic E-state index is 13.3. The summed E-state index contributed by atoms with van der Waals surface area (Å²) in [4.78, 5) is 58.8. The summed E-state index contributed by atoms with van der Waals surface area (Å²) < 4.78 is 11.3. The largest absolute Gasteiger partial charge is 0.497 e. The number of aromatic nitrogens is 1. The molecule has 11 heteroatoms. The zero-order valence-electron chi connectivity index (χ0n) is 23.3. The van der Waals surface area contributed by atoms with Gasteiger partial charge in [-0.25, -0.2) is 9.78 Å². The van der Waals surface area contributed by atoms with Gasteiger partial charge in [0.05, 0.1) is 41.4 Å². The Bertz CT molecular complexity index is 1770. The average molecular weight is 785 g/mol. The summed E-state index contributed by atoms with van der Waals surface area (Å²) in [5.41, 5.74) is 2.88. The number of carbonyl (C=O) groups is 4. The molecule has 0 bridgehead atoms. The Labute approximate surface area is 278 Å². The molecule has 0 spiro atoms. The first-order chi connectivity index (χ1) is 21.1. The first-order valence-corrected chi connectivity index (χ1v) is 16.5. The number of hydrogen-bond donors (Lipinski definition) is 0. The number of alkyl halides is 2. The van der Waals surface area contributed by atoms with E-state index >= 15 is 0 Å². The van der Waals surface area contributed by atoms with E-state index in [4.69, 9.17) is 14.5 Å². The third-order valence-electron chi connectivity index (χ3n) is 8.07. The van der Waals surface area contributed by atoms with Crippen LogP contribution >= 0.6 is 47.8 Å². The Hall–Kier alpha value is -3.41. The summed E-state index contributed by atoms with van der Waals surface area (Å²) in [5.74, 6) is -1.44. The van der Waals surface area contributed by atoms with Gasteiger partial charge < -0.3 is 9.47 Å². The van der Waals surface area contributed by atoms with Crippen molar-refractivity contribution in [3.63, 3.8) is 0 Å². The number of esters is 1. The second kappa shape index (κ2) is 12.5. The second-order valence-corrected chi connectivity index (χ2v) is 14.0. The van der Waals surface area contributed by atoms with Crippen molar-refractivity contribution in [2.45, 2.75) is 22.5 Å². The lowest BCUT2D eigenvalue weighted by Crippen LogP contribution is -2.34. The van der Waals surface area contributed by atoms with Crippen molar-refractivity contribution in [2.75, 3.05) is 18.6 Å². The first kappa shape index (κ1) is 30.6. The van der Waals surface area contributed by atoms with Crippen LogP contribution in [0, 0.1) is 11.8 Å². The van der Waals surface area contributed by atoms with Crippen molar-refractivity contribution in [1.82, 2.24) is 4.98 Å². The monoisotopic (exact) mass is 782 g/mol. The van der Waals surface area contributed by atoms with Gasteiger partial charge >= 0.3 is 5.97 Å². The summed E-state index contributed by atoms with van der Waals surface area (Å²) in [6.07, 6.45) is 1.20. The van der Waals surface area contributed by atoms with Gasteiger partial charge in [-0.15, -0.1) is 0 Å². The number of Topliss-reactive ketones (excluding diaryl/α,β-unsaturated/α-hetero) is 1. The normalized spacial score (nSPS) is 21.3. The molecule has 224 valence electrons. The van der Waals surface area contributed by atoms with Gasteiger partial charge in [-0.3, -0.25) is 19.3 Å². The number of nitrogens with zero attached hydrogens (tertiary/aromatic N) is 2. The van der Waals surface area contributed by atoms with Crippen molar-refractivity contribution in [1.29, 1.82) is 0 Å². The molecule has 0 N–H and O–H groups in total. The van der Waals surface area contributed by atoms with E-state index in [1.54, 1.807) is 66.7 Å². The molecule has 1 saturated heterocycles. The Morgan fingerprint density at radius 3 is 2.14 bits per heavy atom. The third kappa shape index (κ3) is 5.84. The number of hydrogen-bond acceptors (Lipinski definition) is 7. The molecule has 8 nitrogen and oxygen atoms in total. The molecule has 1 aromatic heterocycles. The molecule has 4 atom stereocenters. The van der Waals surface area contributed by atoms with Crippen molar-refractivity contribution in [2.24, 2.45) is 11.8 Å². The van der Waals surface area contributed by atoms with Crippen LogP contribution in [-0.2, 0) is 14.3 Å². The summed E-state index contributed by atoms with van der Waals surface area (Å²) in [7, 11) is 1.54. The van der Waals surface area contributed by atoms with E-state index in [1.165, 1.54) is 12.0 Å². The molecule has 2 amide bonds. The summed E-state index contributed by atoms with van der Waals surface area (Å²) >= 11 is 10.7. The molecule has 4 aromatic rings. The number of methoxy groups -OCH3 is 1. The van der Waals surface area contributed by atoms with Gasteiger partial charge in [0.2, 0.25) is 11.8 Å². The van der Waals surface area contributed by atoms with Crippen LogP contribution in [0.25, 0.3) is 22.2 Å². The third-order valence-corrected chi connectivity index (χ3v) is 11.3. The molecule has 44 heavy (non-hydrogen) atoms. The highest BCUT2D eigenvalue weighted by Crippen LogP contribution is 2.44. The number of rotatable bonds is 7. The first-order valence-electron chi connectivity index (χ1n) is 13.9. The lowest BCUT2D eigenvalue weighted by Gasteiger charge is -2.29. The fourth-order valence-corrected chi connectivity index (χ4v) is 7.31. The zero-order chi connectivity index (χ0) is 31.1. The standard InChI is InChI=1S/C33H25Br3N2O6/c1-43-21-9-4-18(5-10-21)30(39)16-44-33(42)25-15-29(37-28-11-6-19(34)12-22(25)28)17-2-7-20(8-3-17)38-31(40)23-13-26(35)27(36)14-24(23)32(38)41/h2-12,15,23-24,26-27H,13-14,16H2,1H3. The van der Waals surface area contributed by atoms with Crippen molar-refractivity contribution in [3.05, 3.63) is 88.4 Å². The maximum Gasteiger partial charge on any atom is 0.339 e. The number of ketones is 1. The lowest BCUT2D eigenvalue weighted by molar-refractivity contribution is -0.122. The minimum absolute atomic E-state index is 0.129. The van der Waals surface area contributed by atoms with Gasteiger partial charge in [-0.05, 0) is 73.5 Å². The Morgan fingerprint density at radius 2 is 1.52 bits per heavy atom. The van der Waals surface area contributed by atoms with Crippen LogP contribution in [-0.4, -0.2) is 51.9 Å². The number of anilines is 1. The van der Waals surface area contributed by atoms with Crippen LogP contribution in [0.3, 0.4) is 0 Å². The van der Waals surface area contributed by atoms with Crippen LogP contribution in [0.4, 0.5) is 5.69 Å². The van der Waals surface area contributed by atoms with Gasteiger partial charge in [0, 0.05) is 30.6 Å². The fraction of sp³-hybridized carbons (Fsp3) is 0.242. The van der Waals surface area contributed by atoms with E-state index in [0.717, 1.165) is 4.47 Å². The van der Waals surface area contributed by atoms with Gasteiger partial charge in [0.1, 0.15) is 5.75 Å². The van der Waals surface area contributed by atoms with E-state index in [1.807, 2.05) is 6.07 Å². The lowest BCUT2D eigenvalue weighted by atomic mass is 9.81. The number of benzene rings is 3. The van der Waals surface area contributed by atoms with E-state index in [2.05, 4.69) is 47.8 Å². The Morgan fingerprint density at radius 1 is 0.886 bits per heavy atom. The number of halogens is 3. The number of imide groups is 1. The number of amides is 2. The van der Waals surface area contributed by atoms with Crippen molar-refractivity contribution in [3.8, 4) is 17.0 Å². The molecule has 1 aliphatic carbocycles. The van der Waals surface area contributed by atoms with Crippen LogP contribution in [0.2, 0.25) is 0 Å². The van der Waals surface area contributed by atoms with E-state index < -0.39 is 12.6 Å². The number of carbonyl (C=O) groups excluding carboxylic acids is 4. The Kier molecular flexibility index (Phi) is 8.72. The average Bonchev–Trinajstić information content (AvgIpc) is 3.27. The summed E-state index contributed by atoms with van der Waals surface area (Å²) in [6, 6.07) is 20.6. The number of ether oxygens (including phenoxy) is 2. The van der Waals surface area contributed by atoms with Crippen molar-refractivity contribution >= 4 is 87.9 Å². The van der Waals surface area contributed by atoms with E-state index in [9.17, 15) is 19.2 Å². The maximum absolute atomic E-state index is 13.3. The number of pyridine rings is 1. The second-order valence-electron chi connectivity index (χ2n) is 10.7. The molecular formula is C33H25Br3N2O6. The van der Waals surface area contributed by atoms with Gasteiger partial charge in [-0.2, -0.15) is 0 Å². The molecule has 1 aliphatic heterocycles. The molecule has 1 saturated carbocycles. The Balaban J connectivity index is 1.26. The smallest absolute Gasteiger partial charge is 0.339 e. The highest BCUT2D eigenvalue weighted by Gasteiger charge is 2.52. The minimum atomic E-state index is -0.665. The molecule has 2 fully saturated rings. The molecule has 6 rings (SSSR count). The topological polar surface area (TPSA) is 103 Å². The predicted octanol–water partition coefficient (Wildman–Crippen LogP) is 7.14. The SMILES string of the molecule is COc1ccc(C(=O)COC(=O)c2cc(-c3ccc(N4C(=O)C5CC(Br)C(Br)CC5C4=O)cc3)nc3ccc(Br)cc23)cc1. The fourth-order valence-electron chi connectivity index (χ4n) is 5.71.